The van der Waals surface area contributed by atoms with Crippen molar-refractivity contribution in [3.63, 3.8) is 0 Å². The molecular weight excluding hydrogens is 382 g/mol. The van der Waals surface area contributed by atoms with Gasteiger partial charge < -0.3 is 0 Å². The lowest BCUT2D eigenvalue weighted by molar-refractivity contribution is 0.936. The van der Waals surface area contributed by atoms with E-state index in [4.69, 9.17) is 0 Å². The van der Waals surface area contributed by atoms with Crippen molar-refractivity contribution in [2.75, 3.05) is 0 Å². The number of fused-ring (bicyclic) bond motifs is 1. The average molecular weight is 390 g/mol. The summed E-state index contributed by atoms with van der Waals surface area (Å²) in [6, 6.07) is 11.6. The highest BCUT2D eigenvalue weighted by atomic mass is 79.9. The van der Waals surface area contributed by atoms with Crippen LogP contribution >= 0.6 is 38.6 Å². The van der Waals surface area contributed by atoms with Crippen molar-refractivity contribution in [1.82, 2.24) is 14.6 Å². The maximum absolute atomic E-state index is 12.4. The minimum absolute atomic E-state index is 0.126. The summed E-state index contributed by atoms with van der Waals surface area (Å²) < 4.78 is 2.93. The maximum Gasteiger partial charge on any atom is 0.291 e. The monoisotopic (exact) mass is 389 g/mol. The second-order valence-electron chi connectivity index (χ2n) is 4.54. The molecule has 0 radical (unpaired) electrons. The molecule has 7 heteroatoms. The smallest absolute Gasteiger partial charge is 0.266 e. The van der Waals surface area contributed by atoms with Gasteiger partial charge in [0.15, 0.2) is 5.82 Å². The first-order chi connectivity index (χ1) is 10.7. The van der Waals surface area contributed by atoms with Crippen molar-refractivity contribution in [3.8, 4) is 11.4 Å². The third-order valence-electron chi connectivity index (χ3n) is 3.11. The van der Waals surface area contributed by atoms with Gasteiger partial charge >= 0.3 is 0 Å². The Morgan fingerprint density at radius 1 is 1.18 bits per heavy atom. The molecule has 0 spiro atoms. The van der Waals surface area contributed by atoms with Crippen LogP contribution in [-0.4, -0.2) is 14.6 Å². The Labute approximate surface area is 141 Å². The van der Waals surface area contributed by atoms with Gasteiger partial charge in [-0.2, -0.15) is 9.50 Å². The topological polar surface area (TPSA) is 47.3 Å². The molecule has 3 heterocycles. The van der Waals surface area contributed by atoms with Gasteiger partial charge in [0.1, 0.15) is 0 Å². The van der Waals surface area contributed by atoms with E-state index >= 15 is 0 Å². The van der Waals surface area contributed by atoms with Gasteiger partial charge in [-0.25, -0.2) is 0 Å². The lowest BCUT2D eigenvalue weighted by Crippen LogP contribution is -2.23. The summed E-state index contributed by atoms with van der Waals surface area (Å²) in [6.07, 6.45) is 1.88. The van der Waals surface area contributed by atoms with Gasteiger partial charge in [0.2, 0.25) is 4.96 Å². The number of nitrogens with zero attached hydrogens (tertiary/aromatic N) is 3. The van der Waals surface area contributed by atoms with Crippen molar-refractivity contribution in [3.05, 3.63) is 66.0 Å². The minimum atomic E-state index is -0.126. The molecule has 4 nitrogen and oxygen atoms in total. The Hall–Kier alpha value is -1.83. The van der Waals surface area contributed by atoms with Crippen molar-refractivity contribution in [2.45, 2.75) is 0 Å². The molecule has 0 aliphatic rings. The summed E-state index contributed by atoms with van der Waals surface area (Å²) >= 11 is 6.44. The van der Waals surface area contributed by atoms with Crippen molar-refractivity contribution >= 4 is 49.6 Å². The van der Waals surface area contributed by atoms with Crippen molar-refractivity contribution < 1.29 is 0 Å². The number of halogens is 1. The van der Waals surface area contributed by atoms with Gasteiger partial charge in [-0.1, -0.05) is 45.5 Å². The fraction of sp³-hybridized carbons (Fsp3) is 0. The Morgan fingerprint density at radius 2 is 2.05 bits per heavy atom. The van der Waals surface area contributed by atoms with E-state index in [1.807, 2.05) is 47.9 Å². The zero-order chi connectivity index (χ0) is 15.1. The molecule has 4 aromatic rings. The van der Waals surface area contributed by atoms with Crippen LogP contribution in [0.15, 0.2) is 51.0 Å². The third-order valence-corrected chi connectivity index (χ3v) is 5.58. The van der Waals surface area contributed by atoms with Crippen LogP contribution in [0.25, 0.3) is 22.4 Å². The zero-order valence-electron chi connectivity index (χ0n) is 11.1. The largest absolute Gasteiger partial charge is 0.291 e. The number of rotatable bonds is 2. The maximum atomic E-state index is 12.4. The van der Waals surface area contributed by atoms with E-state index in [1.165, 1.54) is 15.9 Å². The first-order valence-electron chi connectivity index (χ1n) is 6.42. The molecule has 0 atom stereocenters. The van der Waals surface area contributed by atoms with E-state index in [9.17, 15) is 4.79 Å². The molecule has 0 saturated heterocycles. The van der Waals surface area contributed by atoms with E-state index in [2.05, 4.69) is 26.0 Å². The molecule has 3 aromatic heterocycles. The molecule has 0 fully saturated rings. The molecule has 0 amide bonds. The van der Waals surface area contributed by atoms with Gasteiger partial charge in [-0.3, -0.25) is 4.79 Å². The summed E-state index contributed by atoms with van der Waals surface area (Å²) in [6.45, 7) is 0. The van der Waals surface area contributed by atoms with Gasteiger partial charge in [-0.05, 0) is 29.7 Å². The van der Waals surface area contributed by atoms with Crippen LogP contribution in [0.5, 0.6) is 0 Å². The fourth-order valence-electron chi connectivity index (χ4n) is 2.09. The summed E-state index contributed by atoms with van der Waals surface area (Å²) in [4.78, 5) is 18.6. The first-order valence-corrected chi connectivity index (χ1v) is 8.91. The predicted molar refractivity (Wildman–Crippen MR) is 93.4 cm³/mol. The van der Waals surface area contributed by atoms with Gasteiger partial charge in [-0.15, -0.1) is 16.4 Å². The minimum Gasteiger partial charge on any atom is -0.266 e. The number of thiazole rings is 1. The molecular formula is C15H8BrN3OS2. The molecule has 108 valence electrons. The van der Waals surface area contributed by atoms with Crippen molar-refractivity contribution in [2.24, 2.45) is 0 Å². The van der Waals surface area contributed by atoms with Crippen LogP contribution in [0.2, 0.25) is 0 Å². The second-order valence-corrected chi connectivity index (χ2v) is 7.38. The number of hydrogen-bond acceptors (Lipinski definition) is 5. The molecule has 4 rings (SSSR count). The highest BCUT2D eigenvalue weighted by Gasteiger charge is 2.13. The van der Waals surface area contributed by atoms with Gasteiger partial charge in [0.05, 0.1) is 4.53 Å². The molecule has 0 bridgehead atoms. The van der Waals surface area contributed by atoms with E-state index < -0.39 is 0 Å². The molecule has 1 aromatic carbocycles. The molecule has 0 N–H and O–H groups in total. The second kappa shape index (κ2) is 5.42. The fourth-order valence-corrected chi connectivity index (χ4v) is 4.19. The van der Waals surface area contributed by atoms with E-state index in [-0.39, 0.29) is 5.56 Å². The summed E-state index contributed by atoms with van der Waals surface area (Å²) in [5.41, 5.74) is 0.751. The van der Waals surface area contributed by atoms with Crippen LogP contribution in [0, 0.1) is 0 Å². The van der Waals surface area contributed by atoms with E-state index in [0.29, 0.717) is 15.3 Å². The SMILES string of the molecule is O=c1c(=Cc2cccs2)sc2nc(-c3ccccc3Br)nn12. The van der Waals surface area contributed by atoms with E-state index in [0.717, 1.165) is 14.9 Å². The van der Waals surface area contributed by atoms with Crippen LogP contribution in [0.3, 0.4) is 0 Å². The lowest BCUT2D eigenvalue weighted by Gasteiger charge is -1.96. The first kappa shape index (κ1) is 13.8. The molecule has 0 aliphatic heterocycles. The van der Waals surface area contributed by atoms with Crippen LogP contribution in [-0.2, 0) is 0 Å². The molecule has 0 saturated carbocycles. The highest BCUT2D eigenvalue weighted by molar-refractivity contribution is 9.10. The van der Waals surface area contributed by atoms with E-state index in [1.54, 1.807) is 11.3 Å². The zero-order valence-corrected chi connectivity index (χ0v) is 14.3. The Bertz CT molecular complexity index is 1070. The van der Waals surface area contributed by atoms with Crippen molar-refractivity contribution in [1.29, 1.82) is 0 Å². The molecule has 0 unspecified atom stereocenters. The third kappa shape index (κ3) is 2.31. The average Bonchev–Trinajstić information content (AvgIpc) is 3.20. The number of benzene rings is 1. The Kier molecular flexibility index (Phi) is 3.40. The summed E-state index contributed by atoms with van der Waals surface area (Å²) in [5, 5.41) is 6.33. The standard InChI is InChI=1S/C15H8BrN3OS2/c16-11-6-2-1-5-10(11)13-17-15-19(18-13)14(20)12(22-15)8-9-4-3-7-21-9/h1-8H. The Balaban J connectivity index is 1.88. The van der Waals surface area contributed by atoms with Gasteiger partial charge in [0, 0.05) is 14.9 Å². The number of aromatic nitrogens is 3. The lowest BCUT2D eigenvalue weighted by atomic mass is 10.2. The number of thiophene rings is 1. The van der Waals surface area contributed by atoms with Crippen LogP contribution in [0.1, 0.15) is 4.88 Å². The number of hydrogen-bond donors (Lipinski definition) is 0. The highest BCUT2D eigenvalue weighted by Crippen LogP contribution is 2.25. The van der Waals surface area contributed by atoms with Crippen LogP contribution in [0.4, 0.5) is 0 Å². The summed E-state index contributed by atoms with van der Waals surface area (Å²) in [7, 11) is 0. The van der Waals surface area contributed by atoms with Crippen LogP contribution < -0.4 is 10.1 Å². The molecule has 0 aliphatic carbocycles. The quantitative estimate of drug-likeness (QED) is 0.528. The predicted octanol–water partition coefficient (Wildman–Crippen LogP) is 3.19. The summed E-state index contributed by atoms with van der Waals surface area (Å²) in [5.74, 6) is 0.554. The normalized spacial score (nSPS) is 12.3. The Morgan fingerprint density at radius 3 is 2.77 bits per heavy atom. The molecule has 22 heavy (non-hydrogen) atoms. The van der Waals surface area contributed by atoms with Gasteiger partial charge in [0.25, 0.3) is 5.56 Å².